The number of alkyl halides is 6. The Hall–Kier alpha value is -2.80. The number of hydrogen-bond acceptors (Lipinski definition) is 4. The van der Waals surface area contributed by atoms with E-state index in [2.05, 4.69) is 15.1 Å². The second-order valence-corrected chi connectivity index (χ2v) is 7.03. The van der Waals surface area contributed by atoms with E-state index in [0.29, 0.717) is 0 Å². The summed E-state index contributed by atoms with van der Waals surface area (Å²) >= 11 is -2.33. The second kappa shape index (κ2) is 8.14. The zero-order valence-corrected chi connectivity index (χ0v) is 15.6. The van der Waals surface area contributed by atoms with Gasteiger partial charge in [0.2, 0.25) is 0 Å². The van der Waals surface area contributed by atoms with Crippen LogP contribution in [0.5, 0.6) is 0 Å². The first-order valence-electron chi connectivity index (χ1n) is 8.14. The standard InChI is InChI=1S/C17H12F6N4O2S/c18-16(19,20)12-3-1-11(2-4-12)15-25-14(9-30(28)29)27(26-15)8-10-5-6-24-13(7-10)17(21,22)23/h1-7H,8-9H2,(H,28,29). The van der Waals surface area contributed by atoms with Gasteiger partial charge in [0.05, 0.1) is 12.1 Å². The molecular formula is C17H12F6N4O2S. The Kier molecular flexibility index (Phi) is 5.94. The maximum absolute atomic E-state index is 12.8. The van der Waals surface area contributed by atoms with Crippen molar-refractivity contribution in [3.05, 3.63) is 65.2 Å². The molecule has 0 saturated heterocycles. The average molecular weight is 450 g/mol. The van der Waals surface area contributed by atoms with Crippen molar-refractivity contribution in [2.24, 2.45) is 0 Å². The van der Waals surface area contributed by atoms with Crippen LogP contribution in [0.3, 0.4) is 0 Å². The largest absolute Gasteiger partial charge is 0.433 e. The van der Waals surface area contributed by atoms with Crippen LogP contribution in [0.4, 0.5) is 26.3 Å². The predicted molar refractivity (Wildman–Crippen MR) is 93.3 cm³/mol. The van der Waals surface area contributed by atoms with Gasteiger partial charge in [-0.3, -0.25) is 4.98 Å². The second-order valence-electron chi connectivity index (χ2n) is 6.10. The van der Waals surface area contributed by atoms with Gasteiger partial charge in [0.1, 0.15) is 17.3 Å². The van der Waals surface area contributed by atoms with Crippen molar-refractivity contribution in [3.8, 4) is 11.4 Å². The number of nitrogens with zero attached hydrogens (tertiary/aromatic N) is 4. The minimum Gasteiger partial charge on any atom is -0.306 e. The van der Waals surface area contributed by atoms with Crippen molar-refractivity contribution < 1.29 is 35.1 Å². The third kappa shape index (κ3) is 5.21. The van der Waals surface area contributed by atoms with Gasteiger partial charge >= 0.3 is 12.4 Å². The lowest BCUT2D eigenvalue weighted by Gasteiger charge is -2.09. The highest BCUT2D eigenvalue weighted by molar-refractivity contribution is 7.78. The van der Waals surface area contributed by atoms with E-state index in [1.54, 1.807) is 0 Å². The highest BCUT2D eigenvalue weighted by Gasteiger charge is 2.32. The molecule has 6 nitrogen and oxygen atoms in total. The molecular weight excluding hydrogens is 438 g/mol. The predicted octanol–water partition coefficient (Wildman–Crippen LogP) is 4.15. The van der Waals surface area contributed by atoms with E-state index in [1.165, 1.54) is 6.07 Å². The number of hydrogen-bond donors (Lipinski definition) is 1. The van der Waals surface area contributed by atoms with Gasteiger partial charge in [-0.25, -0.2) is 13.9 Å². The Bertz CT molecular complexity index is 1060. The van der Waals surface area contributed by atoms with Crippen molar-refractivity contribution >= 4 is 11.1 Å². The maximum Gasteiger partial charge on any atom is 0.433 e. The van der Waals surface area contributed by atoms with E-state index in [1.807, 2.05) is 0 Å². The van der Waals surface area contributed by atoms with Crippen LogP contribution in [0.1, 0.15) is 22.6 Å². The van der Waals surface area contributed by atoms with Crippen molar-refractivity contribution in [2.45, 2.75) is 24.7 Å². The fourth-order valence-corrected chi connectivity index (χ4v) is 2.98. The summed E-state index contributed by atoms with van der Waals surface area (Å²) in [6.45, 7) is -0.216. The van der Waals surface area contributed by atoms with E-state index in [-0.39, 0.29) is 29.3 Å². The summed E-state index contributed by atoms with van der Waals surface area (Å²) < 4.78 is 98.2. The van der Waals surface area contributed by atoms with Crippen LogP contribution in [0.15, 0.2) is 42.6 Å². The van der Waals surface area contributed by atoms with Gasteiger partial charge in [0.15, 0.2) is 16.9 Å². The number of aromatic nitrogens is 4. The van der Waals surface area contributed by atoms with Crippen LogP contribution in [0, 0.1) is 0 Å². The lowest BCUT2D eigenvalue weighted by molar-refractivity contribution is -0.141. The van der Waals surface area contributed by atoms with E-state index in [4.69, 9.17) is 4.55 Å². The quantitative estimate of drug-likeness (QED) is 0.467. The van der Waals surface area contributed by atoms with Gasteiger partial charge in [0, 0.05) is 11.8 Å². The topological polar surface area (TPSA) is 80.9 Å². The molecule has 1 aromatic carbocycles. The van der Waals surface area contributed by atoms with Gasteiger partial charge in [-0.1, -0.05) is 12.1 Å². The minimum atomic E-state index is -4.65. The third-order valence-corrected chi connectivity index (χ3v) is 4.42. The van der Waals surface area contributed by atoms with Gasteiger partial charge in [-0.05, 0) is 29.8 Å². The molecule has 3 rings (SSSR count). The SMILES string of the molecule is O=S(O)Cc1nc(-c2ccc(C(F)(F)F)cc2)nn1Cc1ccnc(C(F)(F)F)c1. The molecule has 3 aromatic rings. The smallest absolute Gasteiger partial charge is 0.306 e. The fourth-order valence-electron chi connectivity index (χ4n) is 2.55. The Morgan fingerprint density at radius 1 is 1.00 bits per heavy atom. The molecule has 13 heteroatoms. The van der Waals surface area contributed by atoms with Gasteiger partial charge in [-0.15, -0.1) is 0 Å². The Morgan fingerprint density at radius 2 is 1.67 bits per heavy atom. The van der Waals surface area contributed by atoms with Crippen molar-refractivity contribution in [1.82, 2.24) is 19.7 Å². The highest BCUT2D eigenvalue weighted by Crippen LogP contribution is 2.31. The molecule has 0 aliphatic heterocycles. The Morgan fingerprint density at radius 3 is 2.23 bits per heavy atom. The minimum absolute atomic E-state index is 0.0175. The summed E-state index contributed by atoms with van der Waals surface area (Å²) in [5.74, 6) is -0.518. The molecule has 160 valence electrons. The maximum atomic E-state index is 12.8. The number of halogens is 6. The molecule has 1 atom stereocenters. The van der Waals surface area contributed by atoms with Crippen molar-refractivity contribution in [2.75, 3.05) is 0 Å². The van der Waals surface area contributed by atoms with Gasteiger partial charge < -0.3 is 4.55 Å². The zero-order chi connectivity index (χ0) is 22.1. The molecule has 0 aliphatic rings. The lowest BCUT2D eigenvalue weighted by Crippen LogP contribution is -2.12. The Balaban J connectivity index is 1.95. The molecule has 1 unspecified atom stereocenters. The summed E-state index contributed by atoms with van der Waals surface area (Å²) in [5, 5.41) is 4.09. The molecule has 2 heterocycles. The summed E-state index contributed by atoms with van der Waals surface area (Å²) in [7, 11) is 0. The van der Waals surface area contributed by atoms with E-state index in [0.717, 1.165) is 41.2 Å². The summed E-state index contributed by atoms with van der Waals surface area (Å²) in [4.78, 5) is 7.31. The normalized spacial score (nSPS) is 13.4. The third-order valence-electron chi connectivity index (χ3n) is 3.92. The lowest BCUT2D eigenvalue weighted by atomic mass is 10.1. The van der Waals surface area contributed by atoms with Gasteiger partial charge in [-0.2, -0.15) is 31.4 Å². The van der Waals surface area contributed by atoms with Crippen LogP contribution in [-0.2, 0) is 35.7 Å². The number of benzene rings is 1. The molecule has 1 N–H and O–H groups in total. The molecule has 0 bridgehead atoms. The molecule has 0 radical (unpaired) electrons. The highest BCUT2D eigenvalue weighted by atomic mass is 32.2. The van der Waals surface area contributed by atoms with Crippen LogP contribution < -0.4 is 0 Å². The summed E-state index contributed by atoms with van der Waals surface area (Å²) in [6, 6.07) is 6.05. The molecule has 0 spiro atoms. The monoisotopic (exact) mass is 450 g/mol. The van der Waals surface area contributed by atoms with Crippen LogP contribution in [0.25, 0.3) is 11.4 Å². The van der Waals surface area contributed by atoms with Crippen molar-refractivity contribution in [3.63, 3.8) is 0 Å². The summed E-state index contributed by atoms with van der Waals surface area (Å²) in [6.07, 6.45) is -8.21. The molecule has 0 amide bonds. The molecule has 0 aliphatic carbocycles. The molecule has 0 fully saturated rings. The first kappa shape index (κ1) is 21.9. The number of rotatable bonds is 5. The van der Waals surface area contributed by atoms with E-state index < -0.39 is 40.4 Å². The molecule has 30 heavy (non-hydrogen) atoms. The zero-order valence-electron chi connectivity index (χ0n) is 14.8. The fraction of sp³-hybridized carbons (Fsp3) is 0.235. The molecule has 0 saturated carbocycles. The van der Waals surface area contributed by atoms with E-state index >= 15 is 0 Å². The first-order valence-corrected chi connectivity index (χ1v) is 9.42. The van der Waals surface area contributed by atoms with Gasteiger partial charge in [0.25, 0.3) is 0 Å². The average Bonchev–Trinajstić information content (AvgIpc) is 3.02. The Labute approximate surface area is 167 Å². The first-order chi connectivity index (χ1) is 13.9. The van der Waals surface area contributed by atoms with E-state index in [9.17, 15) is 30.6 Å². The number of pyridine rings is 1. The van der Waals surface area contributed by atoms with Crippen LogP contribution in [0.2, 0.25) is 0 Å². The van der Waals surface area contributed by atoms with Crippen molar-refractivity contribution in [1.29, 1.82) is 0 Å². The summed E-state index contributed by atoms with van der Waals surface area (Å²) in [5.41, 5.74) is -1.63. The van der Waals surface area contributed by atoms with Crippen LogP contribution >= 0.6 is 0 Å². The molecule has 2 aromatic heterocycles. The van der Waals surface area contributed by atoms with Crippen LogP contribution in [-0.4, -0.2) is 28.5 Å².